The first kappa shape index (κ1) is 11.4. The van der Waals surface area contributed by atoms with Gasteiger partial charge in [0.1, 0.15) is 11.9 Å². The third kappa shape index (κ3) is 2.05. The lowest BCUT2D eigenvalue weighted by Crippen LogP contribution is -2.20. The number of nitrogens with one attached hydrogen (secondary N) is 1. The number of nitro groups is 1. The van der Waals surface area contributed by atoms with Gasteiger partial charge < -0.3 is 15.4 Å². The molecule has 0 saturated heterocycles. The minimum atomic E-state index is -0.427. The summed E-state index contributed by atoms with van der Waals surface area (Å²) in [4.78, 5) is 14.2. The lowest BCUT2D eigenvalue weighted by molar-refractivity contribution is -0.388. The molecule has 0 radical (unpaired) electrons. The minimum Gasteiger partial charge on any atom is -0.378 e. The average molecular weight is 247 g/mol. The van der Waals surface area contributed by atoms with E-state index in [0.717, 1.165) is 18.4 Å². The van der Waals surface area contributed by atoms with E-state index in [-0.39, 0.29) is 5.82 Å². The van der Waals surface area contributed by atoms with Gasteiger partial charge in [-0.3, -0.25) is 0 Å². The van der Waals surface area contributed by atoms with Crippen molar-refractivity contribution >= 4 is 11.5 Å². The van der Waals surface area contributed by atoms with Crippen LogP contribution in [0, 0.1) is 27.9 Å². The van der Waals surface area contributed by atoms with Gasteiger partial charge in [0.25, 0.3) is 0 Å². The van der Waals surface area contributed by atoms with Crippen LogP contribution in [0.3, 0.4) is 0 Å². The number of nitrogens with zero attached hydrogens (tertiary/aromatic N) is 2. The molecule has 5 heteroatoms. The zero-order chi connectivity index (χ0) is 12.5. The minimum absolute atomic E-state index is 0.0688. The molecule has 2 aliphatic rings. The third-order valence-corrected chi connectivity index (χ3v) is 4.40. The molecular formula is C13H17N3O2. The second-order valence-corrected chi connectivity index (χ2v) is 5.45. The fraction of sp³-hybridized carbons (Fsp3) is 0.615. The van der Waals surface area contributed by atoms with Crippen molar-refractivity contribution in [2.75, 3.05) is 11.9 Å². The van der Waals surface area contributed by atoms with E-state index in [1.54, 1.807) is 12.1 Å². The molecule has 0 amide bonds. The Hall–Kier alpha value is -1.65. The summed E-state index contributed by atoms with van der Waals surface area (Å²) in [6.45, 7) is 0.841. The maximum atomic E-state index is 10.8. The van der Waals surface area contributed by atoms with Gasteiger partial charge in [0.15, 0.2) is 0 Å². The Kier molecular flexibility index (Phi) is 2.89. The highest BCUT2D eigenvalue weighted by Gasteiger charge is 2.39. The zero-order valence-corrected chi connectivity index (χ0v) is 10.2. The van der Waals surface area contributed by atoms with E-state index >= 15 is 0 Å². The molecule has 3 atom stereocenters. The van der Waals surface area contributed by atoms with Crippen LogP contribution in [0.25, 0.3) is 0 Å². The number of fused-ring (bicyclic) bond motifs is 2. The standard InChI is InChI=1S/C13H17N3O2/c17-16(18)13-12(2-1-5-14-13)15-8-11-7-9-3-4-10(11)6-9/h1-2,5,9-11,15H,3-4,6-8H2. The summed E-state index contributed by atoms with van der Waals surface area (Å²) in [5, 5.41) is 14.1. The molecule has 18 heavy (non-hydrogen) atoms. The van der Waals surface area contributed by atoms with E-state index in [4.69, 9.17) is 0 Å². The van der Waals surface area contributed by atoms with Crippen LogP contribution in [0.1, 0.15) is 25.7 Å². The molecule has 0 spiro atoms. The summed E-state index contributed by atoms with van der Waals surface area (Å²) in [6, 6.07) is 3.47. The quantitative estimate of drug-likeness (QED) is 0.656. The molecule has 96 valence electrons. The highest BCUT2D eigenvalue weighted by atomic mass is 16.6. The van der Waals surface area contributed by atoms with Gasteiger partial charge in [0, 0.05) is 6.54 Å². The Labute approximate surface area is 106 Å². The normalized spacial score (nSPS) is 29.4. The summed E-state index contributed by atoms with van der Waals surface area (Å²) in [7, 11) is 0. The van der Waals surface area contributed by atoms with Crippen LogP contribution in [0.4, 0.5) is 11.5 Å². The van der Waals surface area contributed by atoms with E-state index in [0.29, 0.717) is 11.6 Å². The largest absolute Gasteiger partial charge is 0.386 e. The average Bonchev–Trinajstić information content (AvgIpc) is 2.98. The lowest BCUT2D eigenvalue weighted by atomic mass is 9.89. The summed E-state index contributed by atoms with van der Waals surface area (Å²) in [5.41, 5.74) is 0.547. The van der Waals surface area contributed by atoms with Crippen molar-refractivity contribution < 1.29 is 4.92 Å². The molecule has 3 rings (SSSR count). The molecule has 1 N–H and O–H groups in total. The summed E-state index contributed by atoms with van der Waals surface area (Å²) >= 11 is 0. The van der Waals surface area contributed by atoms with Gasteiger partial charge in [-0.2, -0.15) is 0 Å². The van der Waals surface area contributed by atoms with Crippen molar-refractivity contribution in [3.8, 4) is 0 Å². The molecule has 2 saturated carbocycles. The van der Waals surface area contributed by atoms with E-state index in [9.17, 15) is 10.1 Å². The number of hydrogen-bond donors (Lipinski definition) is 1. The van der Waals surface area contributed by atoms with Crippen LogP contribution in [0.5, 0.6) is 0 Å². The van der Waals surface area contributed by atoms with Gasteiger partial charge in [0.2, 0.25) is 0 Å². The van der Waals surface area contributed by atoms with E-state index in [1.165, 1.54) is 31.9 Å². The number of aromatic nitrogens is 1. The summed E-state index contributed by atoms with van der Waals surface area (Å²) in [6.07, 6.45) is 6.83. The molecule has 1 aromatic heterocycles. The SMILES string of the molecule is O=[N+]([O-])c1ncccc1NCC1CC2CCC1C2. The van der Waals surface area contributed by atoms with Gasteiger partial charge in [-0.25, -0.2) is 0 Å². The molecule has 1 heterocycles. The third-order valence-electron chi connectivity index (χ3n) is 4.40. The van der Waals surface area contributed by atoms with Crippen molar-refractivity contribution in [1.82, 2.24) is 4.98 Å². The maximum absolute atomic E-state index is 10.8. The van der Waals surface area contributed by atoms with Gasteiger partial charge in [-0.05, 0) is 59.1 Å². The highest BCUT2D eigenvalue weighted by molar-refractivity contribution is 5.56. The van der Waals surface area contributed by atoms with Crippen molar-refractivity contribution in [3.05, 3.63) is 28.4 Å². The van der Waals surface area contributed by atoms with Crippen molar-refractivity contribution in [2.45, 2.75) is 25.7 Å². The van der Waals surface area contributed by atoms with Crippen LogP contribution < -0.4 is 5.32 Å². The molecule has 2 fully saturated rings. The second kappa shape index (κ2) is 4.55. The zero-order valence-electron chi connectivity index (χ0n) is 10.2. The van der Waals surface area contributed by atoms with Gasteiger partial charge >= 0.3 is 5.82 Å². The number of pyridine rings is 1. The highest BCUT2D eigenvalue weighted by Crippen LogP contribution is 2.48. The Morgan fingerprint density at radius 1 is 1.44 bits per heavy atom. The van der Waals surface area contributed by atoms with Crippen LogP contribution >= 0.6 is 0 Å². The van der Waals surface area contributed by atoms with E-state index < -0.39 is 4.92 Å². The molecule has 1 aromatic rings. The second-order valence-electron chi connectivity index (χ2n) is 5.45. The van der Waals surface area contributed by atoms with Crippen LogP contribution in [-0.4, -0.2) is 16.5 Å². The Bertz CT molecular complexity index is 463. The van der Waals surface area contributed by atoms with Crippen LogP contribution in [-0.2, 0) is 0 Å². The maximum Gasteiger partial charge on any atom is 0.386 e. The molecule has 2 bridgehead atoms. The Morgan fingerprint density at radius 2 is 2.33 bits per heavy atom. The van der Waals surface area contributed by atoms with Gasteiger partial charge in [-0.15, -0.1) is 0 Å². The molecule has 2 aliphatic carbocycles. The smallest absolute Gasteiger partial charge is 0.378 e. The van der Waals surface area contributed by atoms with Crippen molar-refractivity contribution in [3.63, 3.8) is 0 Å². The Morgan fingerprint density at radius 3 is 3.00 bits per heavy atom. The lowest BCUT2D eigenvalue weighted by Gasteiger charge is -2.22. The Balaban J connectivity index is 1.65. The molecule has 0 aromatic carbocycles. The van der Waals surface area contributed by atoms with Crippen molar-refractivity contribution in [2.24, 2.45) is 17.8 Å². The summed E-state index contributed by atoms with van der Waals surface area (Å²) < 4.78 is 0. The molecule has 3 unspecified atom stereocenters. The van der Waals surface area contributed by atoms with Crippen molar-refractivity contribution in [1.29, 1.82) is 0 Å². The van der Waals surface area contributed by atoms with Gasteiger partial charge in [-0.1, -0.05) is 6.42 Å². The number of hydrogen-bond acceptors (Lipinski definition) is 4. The van der Waals surface area contributed by atoms with Crippen LogP contribution in [0.2, 0.25) is 0 Å². The van der Waals surface area contributed by atoms with E-state index in [2.05, 4.69) is 10.3 Å². The fourth-order valence-electron chi connectivity index (χ4n) is 3.55. The van der Waals surface area contributed by atoms with Gasteiger partial charge in [0.05, 0.1) is 0 Å². The molecular weight excluding hydrogens is 230 g/mol. The molecule has 0 aliphatic heterocycles. The summed E-state index contributed by atoms with van der Waals surface area (Å²) in [5.74, 6) is 2.35. The van der Waals surface area contributed by atoms with Crippen LogP contribution in [0.15, 0.2) is 18.3 Å². The first-order valence-corrected chi connectivity index (χ1v) is 6.57. The predicted molar refractivity (Wildman–Crippen MR) is 68.3 cm³/mol. The monoisotopic (exact) mass is 247 g/mol. The molecule has 5 nitrogen and oxygen atoms in total. The first-order chi connectivity index (χ1) is 8.74. The first-order valence-electron chi connectivity index (χ1n) is 6.57. The predicted octanol–water partition coefficient (Wildman–Crippen LogP) is 2.84. The fourth-order valence-corrected chi connectivity index (χ4v) is 3.55. The van der Waals surface area contributed by atoms with E-state index in [1.807, 2.05) is 0 Å². The number of rotatable bonds is 4. The topological polar surface area (TPSA) is 68.1 Å². The number of anilines is 1.